The Morgan fingerprint density at radius 1 is 1.30 bits per heavy atom. The predicted molar refractivity (Wildman–Crippen MR) is 72.2 cm³/mol. The van der Waals surface area contributed by atoms with Crippen LogP contribution in [-0.2, 0) is 17.8 Å². The first-order chi connectivity index (χ1) is 10.9. The van der Waals surface area contributed by atoms with Crippen LogP contribution in [-0.4, -0.2) is 68.3 Å². The molecule has 1 saturated carbocycles. The molecular weight excluding hydrogens is 315 g/mol. The molecule has 2 fully saturated rings. The first-order valence-electron chi connectivity index (χ1n) is 7.76. The summed E-state index contributed by atoms with van der Waals surface area (Å²) in [5, 5.41) is 21.1. The third-order valence-corrected chi connectivity index (χ3v) is 4.47. The molecule has 7 nitrogen and oxygen atoms in total. The number of nitrogens with zero attached hydrogens (tertiary/aromatic N) is 5. The quantitative estimate of drug-likeness (QED) is 0.868. The maximum Gasteiger partial charge on any atom is 0.409 e. The van der Waals surface area contributed by atoms with Gasteiger partial charge in [0.05, 0.1) is 25.9 Å². The number of ether oxygens (including phenoxy) is 1. The predicted octanol–water partition coefficient (Wildman–Crippen LogP) is 0.597. The van der Waals surface area contributed by atoms with Gasteiger partial charge in [0.25, 0.3) is 0 Å². The number of alkyl halides is 3. The number of rotatable bonds is 4. The molecule has 3 rings (SSSR count). The largest absolute Gasteiger partial charge is 0.409 e. The second kappa shape index (κ2) is 6.70. The molecule has 23 heavy (non-hydrogen) atoms. The molecule has 1 aromatic rings. The van der Waals surface area contributed by atoms with E-state index in [0.29, 0.717) is 31.1 Å². The van der Waals surface area contributed by atoms with Gasteiger partial charge in [-0.05, 0) is 18.1 Å². The Labute approximate surface area is 131 Å². The van der Waals surface area contributed by atoms with Crippen molar-refractivity contribution in [3.63, 3.8) is 0 Å². The summed E-state index contributed by atoms with van der Waals surface area (Å²) in [6.45, 7) is 0.777. The summed E-state index contributed by atoms with van der Waals surface area (Å²) in [5.41, 5.74) is 0. The molecule has 1 saturated heterocycles. The van der Waals surface area contributed by atoms with Gasteiger partial charge in [-0.25, -0.2) is 0 Å². The molecule has 10 heteroatoms. The fraction of sp³-hybridized carbons (Fsp3) is 0.923. The van der Waals surface area contributed by atoms with Crippen LogP contribution < -0.4 is 0 Å². The topological polar surface area (TPSA) is 76.3 Å². The van der Waals surface area contributed by atoms with Crippen molar-refractivity contribution in [3.8, 4) is 0 Å². The van der Waals surface area contributed by atoms with Gasteiger partial charge >= 0.3 is 6.18 Å². The van der Waals surface area contributed by atoms with Crippen LogP contribution in [0.1, 0.15) is 25.1 Å². The van der Waals surface area contributed by atoms with Crippen LogP contribution >= 0.6 is 0 Å². The van der Waals surface area contributed by atoms with Crippen LogP contribution in [0.5, 0.6) is 0 Å². The first-order valence-corrected chi connectivity index (χ1v) is 7.76. The highest BCUT2D eigenvalue weighted by Gasteiger charge is 2.38. The molecule has 130 valence electrons. The van der Waals surface area contributed by atoms with Crippen molar-refractivity contribution in [1.82, 2.24) is 25.1 Å². The molecular formula is C13H20F3N5O2. The number of halogens is 3. The first kappa shape index (κ1) is 16.6. The Kier molecular flexibility index (Phi) is 4.83. The number of morpholine rings is 1. The highest BCUT2D eigenvalue weighted by molar-refractivity contribution is 4.91. The van der Waals surface area contributed by atoms with Crippen molar-refractivity contribution in [2.45, 2.75) is 50.7 Å². The minimum absolute atomic E-state index is 0.0378. The number of aliphatic hydroxyl groups is 1. The summed E-state index contributed by atoms with van der Waals surface area (Å²) in [7, 11) is 0. The lowest BCUT2D eigenvalue weighted by Crippen LogP contribution is -2.50. The number of aliphatic hydroxyl groups excluding tert-OH is 1. The lowest BCUT2D eigenvalue weighted by atomic mass is 9.94. The van der Waals surface area contributed by atoms with Gasteiger partial charge < -0.3 is 9.84 Å². The molecule has 2 heterocycles. The maximum atomic E-state index is 12.3. The van der Waals surface area contributed by atoms with E-state index in [0.717, 1.165) is 19.3 Å². The van der Waals surface area contributed by atoms with Crippen LogP contribution in [0.15, 0.2) is 0 Å². The van der Waals surface area contributed by atoms with E-state index in [2.05, 4.69) is 20.3 Å². The zero-order valence-corrected chi connectivity index (χ0v) is 12.6. The van der Waals surface area contributed by atoms with Crippen LogP contribution in [0.25, 0.3) is 0 Å². The zero-order chi connectivity index (χ0) is 16.4. The number of hydrogen-bond acceptors (Lipinski definition) is 6. The molecule has 3 atom stereocenters. The van der Waals surface area contributed by atoms with E-state index in [1.165, 1.54) is 0 Å². The third kappa shape index (κ3) is 4.18. The van der Waals surface area contributed by atoms with Gasteiger partial charge in [-0.1, -0.05) is 6.42 Å². The molecule has 0 radical (unpaired) electrons. The average Bonchev–Trinajstić information content (AvgIpc) is 3.07. The van der Waals surface area contributed by atoms with Crippen molar-refractivity contribution in [1.29, 1.82) is 0 Å². The molecule has 0 amide bonds. The van der Waals surface area contributed by atoms with E-state index < -0.39 is 12.7 Å². The standard InChI is InChI=1S/C13H20F3N5O2/c14-13(15,16)8-21-18-12(17-19-21)6-20-4-5-23-7-10(20)9-2-1-3-11(9)22/h9-11,22H,1-8H2/t9-,10+,11+/m0/s1. The van der Waals surface area contributed by atoms with E-state index in [9.17, 15) is 18.3 Å². The van der Waals surface area contributed by atoms with E-state index in [-0.39, 0.29) is 23.9 Å². The van der Waals surface area contributed by atoms with Gasteiger partial charge in [0.15, 0.2) is 12.4 Å². The average molecular weight is 335 g/mol. The highest BCUT2D eigenvalue weighted by Crippen LogP contribution is 2.32. The van der Waals surface area contributed by atoms with Crippen molar-refractivity contribution in [2.24, 2.45) is 5.92 Å². The Balaban J connectivity index is 1.65. The van der Waals surface area contributed by atoms with Crippen molar-refractivity contribution in [3.05, 3.63) is 5.82 Å². The van der Waals surface area contributed by atoms with Crippen LogP contribution in [0, 0.1) is 5.92 Å². The second-order valence-corrected chi connectivity index (χ2v) is 6.13. The van der Waals surface area contributed by atoms with Gasteiger partial charge in [-0.3, -0.25) is 4.90 Å². The Morgan fingerprint density at radius 2 is 2.13 bits per heavy atom. The molecule has 0 bridgehead atoms. The summed E-state index contributed by atoms with van der Waals surface area (Å²) in [5.74, 6) is 0.383. The number of aromatic nitrogens is 4. The SMILES string of the molecule is O[C@@H]1CCC[C@H]1[C@H]1COCCN1Cc1nnn(CC(F)(F)F)n1. The minimum Gasteiger partial charge on any atom is -0.393 e. The van der Waals surface area contributed by atoms with Gasteiger partial charge in [0, 0.05) is 18.5 Å². The van der Waals surface area contributed by atoms with Crippen LogP contribution in [0.4, 0.5) is 13.2 Å². The molecule has 1 aliphatic heterocycles. The second-order valence-electron chi connectivity index (χ2n) is 6.13. The lowest BCUT2D eigenvalue weighted by Gasteiger charge is -2.39. The fourth-order valence-corrected chi connectivity index (χ4v) is 3.41. The highest BCUT2D eigenvalue weighted by atomic mass is 19.4. The normalized spacial score (nSPS) is 30.0. The molecule has 1 N–H and O–H groups in total. The van der Waals surface area contributed by atoms with Crippen molar-refractivity contribution >= 4 is 0 Å². The van der Waals surface area contributed by atoms with Gasteiger partial charge in [-0.15, -0.1) is 10.2 Å². The van der Waals surface area contributed by atoms with Crippen molar-refractivity contribution < 1.29 is 23.0 Å². The van der Waals surface area contributed by atoms with Gasteiger partial charge in [0.1, 0.15) is 0 Å². The van der Waals surface area contributed by atoms with Crippen LogP contribution in [0.2, 0.25) is 0 Å². The molecule has 0 spiro atoms. The maximum absolute atomic E-state index is 12.3. The fourth-order valence-electron chi connectivity index (χ4n) is 3.41. The summed E-state index contributed by atoms with van der Waals surface area (Å²) in [6, 6.07) is 0.0378. The summed E-state index contributed by atoms with van der Waals surface area (Å²) >= 11 is 0. The Morgan fingerprint density at radius 3 is 2.83 bits per heavy atom. The van der Waals surface area contributed by atoms with Gasteiger partial charge in [-0.2, -0.15) is 18.0 Å². The molecule has 2 aliphatic rings. The summed E-state index contributed by atoms with van der Waals surface area (Å²) < 4.78 is 42.5. The molecule has 1 aromatic heterocycles. The number of tetrazole rings is 1. The zero-order valence-electron chi connectivity index (χ0n) is 12.6. The molecule has 1 aliphatic carbocycles. The Bertz CT molecular complexity index is 524. The smallest absolute Gasteiger partial charge is 0.393 e. The molecule has 0 unspecified atom stereocenters. The van der Waals surface area contributed by atoms with Gasteiger partial charge in [0.2, 0.25) is 0 Å². The van der Waals surface area contributed by atoms with E-state index in [1.807, 2.05) is 0 Å². The molecule has 0 aromatic carbocycles. The monoisotopic (exact) mass is 335 g/mol. The summed E-state index contributed by atoms with van der Waals surface area (Å²) in [4.78, 5) is 2.65. The van der Waals surface area contributed by atoms with Crippen LogP contribution in [0.3, 0.4) is 0 Å². The van der Waals surface area contributed by atoms with E-state index >= 15 is 0 Å². The number of hydrogen-bond donors (Lipinski definition) is 1. The van der Waals surface area contributed by atoms with Crippen molar-refractivity contribution in [2.75, 3.05) is 19.8 Å². The van der Waals surface area contributed by atoms with E-state index in [1.54, 1.807) is 0 Å². The lowest BCUT2D eigenvalue weighted by molar-refractivity contribution is -0.145. The summed E-state index contributed by atoms with van der Waals surface area (Å²) in [6.07, 6.45) is -2.02. The van der Waals surface area contributed by atoms with E-state index in [4.69, 9.17) is 4.74 Å². The Hall–Kier alpha value is -1.26. The minimum atomic E-state index is -4.37. The third-order valence-electron chi connectivity index (χ3n) is 4.47.